The molecular weight excluding hydrogens is 312 g/mol. The highest BCUT2D eigenvalue weighted by molar-refractivity contribution is 5.42. The second-order valence-corrected chi connectivity index (χ2v) is 4.89. The van der Waals surface area contributed by atoms with E-state index < -0.39 is 22.2 Å². The molecule has 0 fully saturated rings. The average Bonchev–Trinajstić information content (AvgIpc) is 3.25. The number of hydrogen-bond acceptors (Lipinski definition) is 4. The Balaban J connectivity index is 1.73. The molecular formula is C16H6N4O4. The van der Waals surface area contributed by atoms with Gasteiger partial charge < -0.3 is 0 Å². The van der Waals surface area contributed by atoms with Gasteiger partial charge in [0.1, 0.15) is 11.1 Å². The van der Waals surface area contributed by atoms with E-state index in [9.17, 15) is 19.2 Å². The van der Waals surface area contributed by atoms with Crippen LogP contribution in [0.5, 0.6) is 0 Å². The van der Waals surface area contributed by atoms with E-state index in [0.29, 0.717) is 0 Å². The summed E-state index contributed by atoms with van der Waals surface area (Å²) in [4.78, 5) is 46.8. The molecule has 4 rings (SSSR count). The van der Waals surface area contributed by atoms with Crippen molar-refractivity contribution < 1.29 is 0 Å². The molecule has 0 saturated carbocycles. The highest BCUT2D eigenvalue weighted by atomic mass is 16.2. The molecule has 0 N–H and O–H groups in total. The largest absolute Gasteiger partial charge is 0.290 e. The third-order valence-corrected chi connectivity index (χ3v) is 3.44. The van der Waals surface area contributed by atoms with E-state index in [-0.39, 0.29) is 11.1 Å². The highest BCUT2D eigenvalue weighted by Crippen LogP contribution is 1.91. The molecule has 8 nitrogen and oxygen atoms in total. The van der Waals surface area contributed by atoms with Crippen LogP contribution in [0.2, 0.25) is 0 Å². The topological polar surface area (TPSA) is 85.9 Å². The third kappa shape index (κ3) is 1.84. The van der Waals surface area contributed by atoms with Gasteiger partial charge in [0.25, 0.3) is 22.2 Å². The minimum atomic E-state index is -0.530. The molecule has 0 spiro atoms. The van der Waals surface area contributed by atoms with E-state index in [1.54, 1.807) is 0 Å². The average molecular weight is 318 g/mol. The van der Waals surface area contributed by atoms with Crippen LogP contribution in [-0.2, 0) is 0 Å². The predicted molar refractivity (Wildman–Crippen MR) is 82.9 cm³/mol. The maximum Gasteiger partial charge on any atom is 0.290 e. The number of hydrogen-bond donors (Lipinski definition) is 0. The Morgan fingerprint density at radius 3 is 1.46 bits per heavy atom. The Morgan fingerprint density at radius 1 is 0.667 bits per heavy atom. The molecule has 24 heavy (non-hydrogen) atoms. The van der Waals surface area contributed by atoms with E-state index in [2.05, 4.69) is 23.7 Å². The van der Waals surface area contributed by atoms with Gasteiger partial charge in [-0.2, -0.15) is 9.03 Å². The van der Waals surface area contributed by atoms with E-state index in [0.717, 1.165) is 9.03 Å². The summed E-state index contributed by atoms with van der Waals surface area (Å²) >= 11 is 0. The zero-order chi connectivity index (χ0) is 16.8. The van der Waals surface area contributed by atoms with Gasteiger partial charge in [-0.25, -0.2) is 0 Å². The first-order chi connectivity index (χ1) is 11.6. The number of aromatic nitrogens is 4. The summed E-state index contributed by atoms with van der Waals surface area (Å²) in [5.41, 5.74) is -1.69. The fourth-order valence-electron chi connectivity index (χ4n) is 2.37. The Kier molecular flexibility index (Phi) is 2.68. The molecule has 0 aliphatic rings. The first-order valence-electron chi connectivity index (χ1n) is 6.72. The minimum absolute atomic E-state index is 0.121. The zero-order valence-electron chi connectivity index (χ0n) is 11.9. The van der Waals surface area contributed by atoms with Gasteiger partial charge >= 0.3 is 0 Å². The molecule has 4 aromatic heterocycles. The lowest BCUT2D eigenvalue weighted by Gasteiger charge is -1.78. The lowest BCUT2D eigenvalue weighted by molar-refractivity contribution is 0.805. The molecule has 114 valence electrons. The normalized spacial score (nSPS) is 10.5. The Bertz CT molecular complexity index is 1330. The summed E-state index contributed by atoms with van der Waals surface area (Å²) in [6.45, 7) is 0. The van der Waals surface area contributed by atoms with Crippen molar-refractivity contribution in [3.05, 3.63) is 89.5 Å². The van der Waals surface area contributed by atoms with Crippen LogP contribution in [-0.4, -0.2) is 18.1 Å². The summed E-state index contributed by atoms with van der Waals surface area (Å²) in [5, 5.41) is 0. The molecule has 0 radical (unpaired) electrons. The van der Waals surface area contributed by atoms with Gasteiger partial charge in [0.05, 0.1) is 0 Å². The van der Waals surface area contributed by atoms with Crippen molar-refractivity contribution in [2.24, 2.45) is 0 Å². The lowest BCUT2D eigenvalue weighted by Crippen LogP contribution is -2.22. The van der Waals surface area contributed by atoms with Gasteiger partial charge in [-0.1, -0.05) is 0 Å². The van der Waals surface area contributed by atoms with E-state index in [4.69, 9.17) is 0 Å². The monoisotopic (exact) mass is 318 g/mol. The first kappa shape index (κ1) is 13.6. The summed E-state index contributed by atoms with van der Waals surface area (Å²) in [6, 6.07) is 2.54. The predicted octanol–water partition coefficient (Wildman–Crippen LogP) is -1.89. The number of fused-ring (bicyclic) bond motifs is 2. The van der Waals surface area contributed by atoms with Gasteiger partial charge in [-0.3, -0.25) is 28.2 Å². The van der Waals surface area contributed by atoms with Gasteiger partial charge in [0, 0.05) is 36.9 Å². The molecule has 0 bridgehead atoms. The van der Waals surface area contributed by atoms with Crippen molar-refractivity contribution in [2.75, 3.05) is 0 Å². The van der Waals surface area contributed by atoms with E-state index >= 15 is 0 Å². The van der Waals surface area contributed by atoms with E-state index in [1.807, 2.05) is 0 Å². The second-order valence-electron chi connectivity index (χ2n) is 4.89. The van der Waals surface area contributed by atoms with Crippen LogP contribution in [0.4, 0.5) is 0 Å². The minimum Gasteiger partial charge on any atom is -0.267 e. The summed E-state index contributed by atoms with van der Waals surface area (Å²) in [5.74, 6) is 10.0. The van der Waals surface area contributed by atoms with Gasteiger partial charge in [-0.05, 0) is 23.7 Å². The Hall–Kier alpha value is -4.04. The summed E-state index contributed by atoms with van der Waals surface area (Å²) < 4.78 is 4.57. The molecule has 8 heteroatoms. The standard InChI is InChI=1S/C16H6N4O4/c21-13-5-7-17-9-11(15(23)19(13)17)3-1-2-4-12-10-18-8-6-14(22)20(18)16(12)24/h5-10H. The highest BCUT2D eigenvalue weighted by Gasteiger charge is 2.08. The Labute approximate surface area is 132 Å². The van der Waals surface area contributed by atoms with Crippen molar-refractivity contribution in [3.63, 3.8) is 0 Å². The summed E-state index contributed by atoms with van der Waals surface area (Å²) in [6.07, 6.45) is 5.75. The van der Waals surface area contributed by atoms with Crippen LogP contribution >= 0.6 is 0 Å². The third-order valence-electron chi connectivity index (χ3n) is 3.44. The first-order valence-corrected chi connectivity index (χ1v) is 6.72. The molecule has 0 aliphatic heterocycles. The van der Waals surface area contributed by atoms with Crippen LogP contribution in [0.1, 0.15) is 11.1 Å². The van der Waals surface area contributed by atoms with Crippen LogP contribution in [0.3, 0.4) is 0 Å². The smallest absolute Gasteiger partial charge is 0.267 e. The fraction of sp³-hybridized carbons (Fsp3) is 0. The molecule has 0 unspecified atom stereocenters. The molecule has 4 heterocycles. The maximum atomic E-state index is 11.9. The second kappa shape index (κ2) is 4.73. The zero-order valence-corrected chi connectivity index (χ0v) is 11.9. The van der Waals surface area contributed by atoms with Crippen LogP contribution in [0.25, 0.3) is 0 Å². The molecule has 0 aromatic carbocycles. The van der Waals surface area contributed by atoms with Crippen molar-refractivity contribution in [1.29, 1.82) is 0 Å². The quantitative estimate of drug-likeness (QED) is 0.355. The van der Waals surface area contributed by atoms with E-state index in [1.165, 1.54) is 46.0 Å². The molecule has 0 aliphatic carbocycles. The number of nitrogens with zero attached hydrogens (tertiary/aromatic N) is 4. The van der Waals surface area contributed by atoms with Crippen LogP contribution in [0, 0.1) is 23.7 Å². The van der Waals surface area contributed by atoms with Gasteiger partial charge in [-0.15, -0.1) is 0 Å². The van der Waals surface area contributed by atoms with Crippen molar-refractivity contribution >= 4 is 0 Å². The van der Waals surface area contributed by atoms with Crippen LogP contribution < -0.4 is 22.2 Å². The van der Waals surface area contributed by atoms with Gasteiger partial charge in [0.15, 0.2) is 0 Å². The Morgan fingerprint density at radius 2 is 1.08 bits per heavy atom. The molecule has 0 saturated heterocycles. The maximum absolute atomic E-state index is 11.9. The van der Waals surface area contributed by atoms with Crippen molar-refractivity contribution in [2.45, 2.75) is 0 Å². The van der Waals surface area contributed by atoms with Gasteiger partial charge in [0.2, 0.25) is 0 Å². The van der Waals surface area contributed by atoms with Crippen molar-refractivity contribution in [3.8, 4) is 23.7 Å². The summed E-state index contributed by atoms with van der Waals surface area (Å²) in [7, 11) is 0. The SMILES string of the molecule is O=c1ccn2cc(C#CC#Cc3cn4ccc(=O)n4c3=O)c(=O)n12. The van der Waals surface area contributed by atoms with Crippen LogP contribution in [0.15, 0.2) is 56.1 Å². The molecule has 0 atom stereocenters. The molecule has 4 aromatic rings. The fourth-order valence-corrected chi connectivity index (χ4v) is 2.37. The number of rotatable bonds is 0. The molecule has 0 amide bonds. The van der Waals surface area contributed by atoms with Crippen molar-refractivity contribution in [1.82, 2.24) is 18.1 Å². The lowest BCUT2D eigenvalue weighted by atomic mass is 10.3.